The minimum absolute atomic E-state index is 0.00822. The van der Waals surface area contributed by atoms with Crippen molar-refractivity contribution in [3.63, 3.8) is 0 Å². The Labute approximate surface area is 149 Å². The Balaban J connectivity index is 1.61. The number of sulfone groups is 1. The van der Waals surface area contributed by atoms with Crippen molar-refractivity contribution in [2.45, 2.75) is 5.03 Å². The standard InChI is InChI=1S/C18H14N4O3S/c1-26(23,24)17-8-6-13(11-20-17)25-12-5-7-14-16(10-12)22-18(21-14)15-4-2-3-9-19-15/h2-11H,1H3,(H,21,22). The van der Waals surface area contributed by atoms with Gasteiger partial charge in [-0.25, -0.2) is 18.4 Å². The van der Waals surface area contributed by atoms with Gasteiger partial charge in [0.05, 0.1) is 17.2 Å². The van der Waals surface area contributed by atoms with Crippen molar-refractivity contribution >= 4 is 20.9 Å². The third kappa shape index (κ3) is 3.27. The lowest BCUT2D eigenvalue weighted by Gasteiger charge is -2.05. The average Bonchev–Trinajstić information content (AvgIpc) is 3.05. The summed E-state index contributed by atoms with van der Waals surface area (Å²) in [6.45, 7) is 0. The van der Waals surface area contributed by atoms with Crippen LogP contribution < -0.4 is 4.74 Å². The first-order valence-electron chi connectivity index (χ1n) is 7.74. The molecule has 3 heterocycles. The minimum Gasteiger partial charge on any atom is -0.456 e. The molecular weight excluding hydrogens is 352 g/mol. The monoisotopic (exact) mass is 366 g/mol. The number of fused-ring (bicyclic) bond motifs is 1. The Bertz CT molecular complexity index is 1170. The van der Waals surface area contributed by atoms with E-state index >= 15 is 0 Å². The smallest absolute Gasteiger partial charge is 0.192 e. The maximum atomic E-state index is 11.4. The van der Waals surface area contributed by atoms with Gasteiger partial charge in [-0.1, -0.05) is 6.07 Å². The molecule has 1 N–H and O–H groups in total. The van der Waals surface area contributed by atoms with E-state index in [-0.39, 0.29) is 5.03 Å². The second kappa shape index (κ2) is 6.23. The van der Waals surface area contributed by atoms with Crippen LogP contribution in [0.4, 0.5) is 0 Å². The highest BCUT2D eigenvalue weighted by atomic mass is 32.2. The molecule has 3 aromatic heterocycles. The van der Waals surface area contributed by atoms with E-state index in [1.807, 2.05) is 30.3 Å². The number of ether oxygens (including phenoxy) is 1. The van der Waals surface area contributed by atoms with E-state index in [1.54, 1.807) is 18.3 Å². The Morgan fingerprint density at radius 1 is 1.00 bits per heavy atom. The van der Waals surface area contributed by atoms with Crippen LogP contribution in [0.5, 0.6) is 11.5 Å². The lowest BCUT2D eigenvalue weighted by molar-refractivity contribution is 0.479. The van der Waals surface area contributed by atoms with Crippen LogP contribution in [0, 0.1) is 0 Å². The molecule has 8 heteroatoms. The largest absolute Gasteiger partial charge is 0.456 e. The lowest BCUT2D eigenvalue weighted by atomic mass is 10.3. The van der Waals surface area contributed by atoms with E-state index in [1.165, 1.54) is 12.3 Å². The van der Waals surface area contributed by atoms with Gasteiger partial charge < -0.3 is 9.72 Å². The number of H-pyrrole nitrogens is 1. The lowest BCUT2D eigenvalue weighted by Crippen LogP contribution is -1.99. The molecule has 0 saturated heterocycles. The fraction of sp³-hybridized carbons (Fsp3) is 0.0556. The number of rotatable bonds is 4. The summed E-state index contributed by atoms with van der Waals surface area (Å²) in [4.78, 5) is 15.9. The zero-order valence-electron chi connectivity index (χ0n) is 13.7. The number of nitrogens with one attached hydrogen (secondary N) is 1. The van der Waals surface area contributed by atoms with Crippen LogP contribution in [-0.2, 0) is 9.84 Å². The van der Waals surface area contributed by atoms with Gasteiger partial charge in [0.15, 0.2) is 20.7 Å². The summed E-state index contributed by atoms with van der Waals surface area (Å²) in [6.07, 6.45) is 4.21. The molecule has 0 radical (unpaired) electrons. The number of pyridine rings is 2. The summed E-state index contributed by atoms with van der Waals surface area (Å²) < 4.78 is 28.6. The fourth-order valence-corrected chi connectivity index (χ4v) is 3.02. The Kier molecular flexibility index (Phi) is 3.89. The molecular formula is C18H14N4O3S. The van der Waals surface area contributed by atoms with E-state index < -0.39 is 9.84 Å². The van der Waals surface area contributed by atoms with Crippen molar-refractivity contribution in [2.75, 3.05) is 6.26 Å². The topological polar surface area (TPSA) is 97.8 Å². The number of imidazole rings is 1. The van der Waals surface area contributed by atoms with Gasteiger partial charge in [-0.05, 0) is 36.4 Å². The van der Waals surface area contributed by atoms with Crippen LogP contribution in [-0.4, -0.2) is 34.6 Å². The van der Waals surface area contributed by atoms with Crippen molar-refractivity contribution in [3.05, 3.63) is 60.9 Å². The van der Waals surface area contributed by atoms with Crippen LogP contribution in [0.3, 0.4) is 0 Å². The summed E-state index contributed by atoms with van der Waals surface area (Å²) in [6, 6.07) is 14.1. The zero-order valence-corrected chi connectivity index (χ0v) is 14.6. The first-order chi connectivity index (χ1) is 12.5. The van der Waals surface area contributed by atoms with Crippen molar-refractivity contribution in [1.82, 2.24) is 19.9 Å². The van der Waals surface area contributed by atoms with E-state index in [9.17, 15) is 8.42 Å². The van der Waals surface area contributed by atoms with Crippen molar-refractivity contribution < 1.29 is 13.2 Å². The van der Waals surface area contributed by atoms with Gasteiger partial charge in [0.25, 0.3) is 0 Å². The molecule has 0 saturated carbocycles. The molecule has 0 aliphatic heterocycles. The Hall–Kier alpha value is -3.26. The molecule has 26 heavy (non-hydrogen) atoms. The Morgan fingerprint density at radius 3 is 2.54 bits per heavy atom. The van der Waals surface area contributed by atoms with Gasteiger partial charge in [0.2, 0.25) is 0 Å². The highest BCUT2D eigenvalue weighted by Gasteiger charge is 2.10. The van der Waals surface area contributed by atoms with Crippen LogP contribution >= 0.6 is 0 Å². The summed E-state index contributed by atoms with van der Waals surface area (Å²) in [5, 5.41) is 0.00822. The Morgan fingerprint density at radius 2 is 1.85 bits per heavy atom. The van der Waals surface area contributed by atoms with E-state index in [0.717, 1.165) is 23.0 Å². The second-order valence-electron chi connectivity index (χ2n) is 5.69. The van der Waals surface area contributed by atoms with E-state index in [0.29, 0.717) is 17.3 Å². The molecule has 0 bridgehead atoms. The van der Waals surface area contributed by atoms with Gasteiger partial charge in [-0.15, -0.1) is 0 Å². The number of benzene rings is 1. The molecule has 1 aromatic carbocycles. The first kappa shape index (κ1) is 16.2. The van der Waals surface area contributed by atoms with Gasteiger partial charge in [-0.2, -0.15) is 0 Å². The summed E-state index contributed by atoms with van der Waals surface area (Å²) in [5.41, 5.74) is 2.36. The molecule has 0 amide bonds. The molecule has 4 rings (SSSR count). The molecule has 0 unspecified atom stereocenters. The third-order valence-corrected chi connectivity index (χ3v) is 4.69. The predicted molar refractivity (Wildman–Crippen MR) is 96.7 cm³/mol. The van der Waals surface area contributed by atoms with Gasteiger partial charge in [0, 0.05) is 18.5 Å². The second-order valence-corrected chi connectivity index (χ2v) is 7.65. The summed E-state index contributed by atoms with van der Waals surface area (Å²) >= 11 is 0. The summed E-state index contributed by atoms with van der Waals surface area (Å²) in [7, 11) is -3.33. The van der Waals surface area contributed by atoms with E-state index in [4.69, 9.17) is 4.74 Å². The van der Waals surface area contributed by atoms with Gasteiger partial charge in [-0.3, -0.25) is 4.98 Å². The van der Waals surface area contributed by atoms with Crippen molar-refractivity contribution in [2.24, 2.45) is 0 Å². The quantitative estimate of drug-likeness (QED) is 0.595. The molecule has 7 nitrogen and oxygen atoms in total. The van der Waals surface area contributed by atoms with Crippen LogP contribution in [0.1, 0.15) is 0 Å². The molecule has 4 aromatic rings. The molecule has 0 spiro atoms. The first-order valence-corrected chi connectivity index (χ1v) is 9.63. The van der Waals surface area contributed by atoms with Crippen LogP contribution in [0.2, 0.25) is 0 Å². The van der Waals surface area contributed by atoms with Gasteiger partial charge >= 0.3 is 0 Å². The van der Waals surface area contributed by atoms with Crippen LogP contribution in [0.25, 0.3) is 22.6 Å². The number of hydrogen-bond acceptors (Lipinski definition) is 6. The maximum Gasteiger partial charge on any atom is 0.192 e. The number of aromatic nitrogens is 4. The van der Waals surface area contributed by atoms with Crippen molar-refractivity contribution in [3.8, 4) is 23.0 Å². The number of nitrogens with zero attached hydrogens (tertiary/aromatic N) is 3. The number of aromatic amines is 1. The molecule has 0 atom stereocenters. The molecule has 130 valence electrons. The average molecular weight is 366 g/mol. The zero-order chi connectivity index (χ0) is 18.1. The maximum absolute atomic E-state index is 11.4. The minimum atomic E-state index is -3.33. The van der Waals surface area contributed by atoms with Crippen molar-refractivity contribution in [1.29, 1.82) is 0 Å². The van der Waals surface area contributed by atoms with Gasteiger partial charge in [0.1, 0.15) is 17.2 Å². The van der Waals surface area contributed by atoms with E-state index in [2.05, 4.69) is 19.9 Å². The SMILES string of the molecule is CS(=O)(=O)c1ccc(Oc2ccc3nc(-c4ccccn4)[nH]c3c2)cn1. The molecule has 0 aliphatic rings. The third-order valence-electron chi connectivity index (χ3n) is 3.69. The number of hydrogen-bond donors (Lipinski definition) is 1. The fourth-order valence-electron chi connectivity index (χ4n) is 2.46. The highest BCUT2D eigenvalue weighted by molar-refractivity contribution is 7.90. The molecule has 0 aliphatic carbocycles. The predicted octanol–water partition coefficient (Wildman–Crippen LogP) is 3.22. The summed E-state index contributed by atoms with van der Waals surface area (Å²) in [5.74, 6) is 1.71. The van der Waals surface area contributed by atoms with Crippen LogP contribution in [0.15, 0.2) is 66.0 Å². The molecule has 0 fully saturated rings. The highest BCUT2D eigenvalue weighted by Crippen LogP contribution is 2.26. The normalized spacial score (nSPS) is 11.6.